The summed E-state index contributed by atoms with van der Waals surface area (Å²) in [6.07, 6.45) is -2.14. The van der Waals surface area contributed by atoms with Crippen molar-refractivity contribution in [2.75, 3.05) is 63.9 Å². The van der Waals surface area contributed by atoms with E-state index < -0.39 is 22.6 Å². The van der Waals surface area contributed by atoms with Crippen LogP contribution in [0.1, 0.15) is 32.4 Å². The second-order valence-electron chi connectivity index (χ2n) is 12.1. The lowest BCUT2D eigenvalue weighted by Gasteiger charge is -2.34. The number of alkyl halides is 3. The molecule has 0 saturated carbocycles. The number of aromatic nitrogens is 1. The SMILES string of the molecule is COC[C@H](CN1CCC(Nc2cccc3c2cc(C#CCNc2ccc(S(C)(=O)=O)cc2OC)n3CC(F)(F)F)CC1)OC(=O)C(C)C. The van der Waals surface area contributed by atoms with Gasteiger partial charge in [-0.05, 0) is 49.1 Å². The number of rotatable bonds is 13. The van der Waals surface area contributed by atoms with Crippen molar-refractivity contribution in [1.82, 2.24) is 9.47 Å². The summed E-state index contributed by atoms with van der Waals surface area (Å²) in [7, 11) is -0.447. The van der Waals surface area contributed by atoms with Gasteiger partial charge in [0.2, 0.25) is 0 Å². The highest BCUT2D eigenvalue weighted by molar-refractivity contribution is 7.90. The number of halogens is 3. The molecule has 0 unspecified atom stereocenters. The molecule has 1 fully saturated rings. The van der Waals surface area contributed by atoms with Gasteiger partial charge in [-0.3, -0.25) is 9.69 Å². The fourth-order valence-corrected chi connectivity index (χ4v) is 6.20. The molecule has 1 aliphatic heterocycles. The average Bonchev–Trinajstić information content (AvgIpc) is 3.36. The minimum atomic E-state index is -4.46. The largest absolute Gasteiger partial charge is 0.495 e. The molecule has 262 valence electrons. The molecular formula is C34H43F3N4O6S. The van der Waals surface area contributed by atoms with Gasteiger partial charge in [-0.2, -0.15) is 13.2 Å². The normalized spacial score (nSPS) is 15.2. The van der Waals surface area contributed by atoms with E-state index in [0.717, 1.165) is 37.9 Å². The molecule has 1 saturated heterocycles. The molecule has 14 heteroatoms. The van der Waals surface area contributed by atoms with Gasteiger partial charge >= 0.3 is 12.1 Å². The summed E-state index contributed by atoms with van der Waals surface area (Å²) in [5.41, 5.74) is 1.86. The van der Waals surface area contributed by atoms with Crippen LogP contribution < -0.4 is 15.4 Å². The molecule has 0 spiro atoms. The molecule has 0 amide bonds. The Hall–Kier alpha value is -3.93. The number of hydrogen-bond acceptors (Lipinski definition) is 9. The number of nitrogens with zero attached hydrogens (tertiary/aromatic N) is 2. The molecule has 0 radical (unpaired) electrons. The highest BCUT2D eigenvalue weighted by Crippen LogP contribution is 2.32. The summed E-state index contributed by atoms with van der Waals surface area (Å²) in [4.78, 5) is 14.5. The fourth-order valence-electron chi connectivity index (χ4n) is 5.56. The Morgan fingerprint density at radius 3 is 2.44 bits per heavy atom. The van der Waals surface area contributed by atoms with Gasteiger partial charge in [-0.25, -0.2) is 8.42 Å². The third kappa shape index (κ3) is 10.0. The fraction of sp³-hybridized carbons (Fsp3) is 0.500. The third-order valence-corrected chi connectivity index (χ3v) is 9.09. The van der Waals surface area contributed by atoms with E-state index in [1.165, 1.54) is 23.8 Å². The maximum absolute atomic E-state index is 13.7. The van der Waals surface area contributed by atoms with Crippen LogP contribution in [-0.4, -0.2) is 95.4 Å². The van der Waals surface area contributed by atoms with Crippen molar-refractivity contribution in [3.63, 3.8) is 0 Å². The average molecular weight is 693 g/mol. The van der Waals surface area contributed by atoms with Crippen LogP contribution in [0.2, 0.25) is 0 Å². The Bertz CT molecular complexity index is 1740. The number of hydrogen-bond donors (Lipinski definition) is 2. The van der Waals surface area contributed by atoms with Crippen LogP contribution >= 0.6 is 0 Å². The van der Waals surface area contributed by atoms with E-state index in [1.807, 2.05) is 6.07 Å². The van der Waals surface area contributed by atoms with E-state index in [2.05, 4.69) is 27.4 Å². The van der Waals surface area contributed by atoms with Gasteiger partial charge in [0, 0.05) is 56.2 Å². The van der Waals surface area contributed by atoms with Crippen LogP contribution in [0.5, 0.6) is 5.75 Å². The van der Waals surface area contributed by atoms with Gasteiger partial charge in [0.15, 0.2) is 9.84 Å². The van der Waals surface area contributed by atoms with Gasteiger partial charge < -0.3 is 29.4 Å². The zero-order valence-electron chi connectivity index (χ0n) is 27.8. The predicted molar refractivity (Wildman–Crippen MR) is 179 cm³/mol. The molecule has 1 aliphatic rings. The maximum Gasteiger partial charge on any atom is 0.406 e. The van der Waals surface area contributed by atoms with Crippen LogP contribution in [0.4, 0.5) is 24.5 Å². The maximum atomic E-state index is 13.7. The second-order valence-corrected chi connectivity index (χ2v) is 14.2. The van der Waals surface area contributed by atoms with Crippen LogP contribution in [0.25, 0.3) is 10.9 Å². The number of ether oxygens (including phenoxy) is 3. The van der Waals surface area contributed by atoms with Crippen molar-refractivity contribution in [1.29, 1.82) is 0 Å². The molecule has 3 aromatic rings. The topological polar surface area (TPSA) is 111 Å². The van der Waals surface area contributed by atoms with Crippen molar-refractivity contribution in [2.24, 2.45) is 5.92 Å². The summed E-state index contributed by atoms with van der Waals surface area (Å²) < 4.78 is 82.2. The summed E-state index contributed by atoms with van der Waals surface area (Å²) in [6.45, 7) is 4.84. The minimum absolute atomic E-state index is 0.0771. The van der Waals surface area contributed by atoms with Crippen LogP contribution in [0.15, 0.2) is 47.4 Å². The number of esters is 1. The summed E-state index contributed by atoms with van der Waals surface area (Å²) in [6, 6.07) is 11.4. The van der Waals surface area contributed by atoms with E-state index in [1.54, 1.807) is 45.2 Å². The van der Waals surface area contributed by atoms with Crippen molar-refractivity contribution < 1.29 is 40.6 Å². The number of fused-ring (bicyclic) bond motifs is 1. The number of benzene rings is 2. The molecule has 2 heterocycles. The Balaban J connectivity index is 1.47. The molecular weight excluding hydrogens is 649 g/mol. The zero-order valence-corrected chi connectivity index (χ0v) is 28.6. The van der Waals surface area contributed by atoms with Crippen LogP contribution in [0.3, 0.4) is 0 Å². The monoisotopic (exact) mass is 692 g/mol. The number of likely N-dealkylation sites (tertiary alicyclic amines) is 1. The van der Waals surface area contributed by atoms with Gasteiger partial charge in [-0.1, -0.05) is 25.8 Å². The first-order chi connectivity index (χ1) is 22.7. The molecule has 0 aliphatic carbocycles. The standard InChI is InChI=1S/C34H43F3N4O6S/c1-23(2)33(42)47-26(21-45-3)20-40-16-13-24(14-17-40)39-29-9-6-10-31-28(29)18-25(41(31)22-34(35,36)37)8-7-15-38-30-12-11-27(48(5,43)44)19-32(30)46-4/h6,9-12,18-19,23-24,26,38-39H,13-17,20-22H2,1-5H3/t26-/m0/s1. The molecule has 10 nitrogen and oxygen atoms in total. The lowest BCUT2D eigenvalue weighted by Crippen LogP contribution is -2.44. The number of nitrogens with one attached hydrogen (secondary N) is 2. The van der Waals surface area contributed by atoms with Crippen LogP contribution in [0, 0.1) is 17.8 Å². The van der Waals surface area contributed by atoms with Crippen molar-refractivity contribution in [2.45, 2.75) is 56.5 Å². The van der Waals surface area contributed by atoms with Gasteiger partial charge in [-0.15, -0.1) is 0 Å². The molecule has 2 N–H and O–H groups in total. The number of anilines is 2. The number of methoxy groups -OCH3 is 2. The smallest absolute Gasteiger partial charge is 0.406 e. The lowest BCUT2D eigenvalue weighted by atomic mass is 10.0. The Labute approximate surface area is 279 Å². The summed E-state index contributed by atoms with van der Waals surface area (Å²) in [5.74, 6) is 5.59. The lowest BCUT2D eigenvalue weighted by molar-refractivity contribution is -0.156. The van der Waals surface area contributed by atoms with E-state index in [9.17, 15) is 26.4 Å². The molecule has 0 bridgehead atoms. The number of sulfone groups is 1. The molecule has 1 aromatic heterocycles. The summed E-state index contributed by atoms with van der Waals surface area (Å²) in [5, 5.41) is 7.22. The van der Waals surface area contributed by atoms with Gasteiger partial charge in [0.25, 0.3) is 0 Å². The molecule has 48 heavy (non-hydrogen) atoms. The van der Waals surface area contributed by atoms with Gasteiger partial charge in [0.05, 0.1) is 48.0 Å². The number of piperidine rings is 1. The highest BCUT2D eigenvalue weighted by Gasteiger charge is 2.30. The number of carbonyl (C=O) groups is 1. The number of carbonyl (C=O) groups excluding carboxylic acids is 1. The van der Waals surface area contributed by atoms with E-state index in [0.29, 0.717) is 35.5 Å². The van der Waals surface area contributed by atoms with E-state index in [4.69, 9.17) is 14.2 Å². The third-order valence-electron chi connectivity index (χ3n) is 7.98. The first-order valence-corrected chi connectivity index (χ1v) is 17.6. The molecule has 2 aromatic carbocycles. The first-order valence-electron chi connectivity index (χ1n) is 15.7. The van der Waals surface area contributed by atoms with E-state index in [-0.39, 0.29) is 41.2 Å². The predicted octanol–water partition coefficient (Wildman–Crippen LogP) is 5.17. The first kappa shape index (κ1) is 36.9. The summed E-state index contributed by atoms with van der Waals surface area (Å²) >= 11 is 0. The van der Waals surface area contributed by atoms with Gasteiger partial charge in [0.1, 0.15) is 18.4 Å². The Morgan fingerprint density at radius 1 is 1.08 bits per heavy atom. The highest BCUT2D eigenvalue weighted by atomic mass is 32.2. The second kappa shape index (κ2) is 16.0. The van der Waals surface area contributed by atoms with E-state index >= 15 is 0 Å². The molecule has 1 atom stereocenters. The Morgan fingerprint density at radius 2 is 1.81 bits per heavy atom. The van der Waals surface area contributed by atoms with Crippen molar-refractivity contribution in [3.05, 3.63) is 48.2 Å². The van der Waals surface area contributed by atoms with Crippen molar-refractivity contribution >= 4 is 38.1 Å². The van der Waals surface area contributed by atoms with Crippen molar-refractivity contribution in [3.8, 4) is 17.6 Å². The minimum Gasteiger partial charge on any atom is -0.495 e. The Kier molecular flexibility index (Phi) is 12.3. The quantitative estimate of drug-likeness (QED) is 0.185. The molecule has 4 rings (SSSR count). The van der Waals surface area contributed by atoms with Crippen LogP contribution in [-0.2, 0) is 30.7 Å². The zero-order chi connectivity index (χ0) is 35.1.